The number of aromatic amines is 5. The lowest BCUT2D eigenvalue weighted by Crippen LogP contribution is -2.45. The van der Waals surface area contributed by atoms with Gasteiger partial charge in [-0.25, -0.2) is 49.5 Å². The summed E-state index contributed by atoms with van der Waals surface area (Å²) in [4.78, 5) is 154. The summed E-state index contributed by atoms with van der Waals surface area (Å²) in [6.07, 6.45) is 8.35. The highest BCUT2D eigenvalue weighted by Crippen LogP contribution is 2.42. The molecule has 10 aromatic carbocycles. The molecule has 0 radical (unpaired) electrons. The Balaban J connectivity index is 0.000000128. The van der Waals surface area contributed by atoms with E-state index in [2.05, 4.69) is 318 Å². The minimum Gasteiger partial charge on any atom is -0.379 e. The number of nitrogens with zero attached hydrogens (tertiary/aromatic N) is 17. The van der Waals surface area contributed by atoms with E-state index < -0.39 is 22.5 Å². The average Bonchev–Trinajstić information content (AvgIpc) is 0.756. The molecule has 1 saturated heterocycles. The predicted octanol–water partition coefficient (Wildman–Crippen LogP) is 14.5. The molecule has 8 aliphatic heterocycles. The van der Waals surface area contributed by atoms with Gasteiger partial charge in [-0.15, -0.1) is 0 Å². The van der Waals surface area contributed by atoms with Crippen molar-refractivity contribution in [2.45, 2.75) is 191 Å². The number of hydrogen-bond donors (Lipinski definition) is 5. The van der Waals surface area contributed by atoms with Crippen molar-refractivity contribution in [1.29, 1.82) is 0 Å². The number of H-pyrrole nitrogens is 5. The van der Waals surface area contributed by atoms with E-state index in [-0.39, 0.29) is 52.4 Å². The Morgan fingerprint density at radius 3 is 1.35 bits per heavy atom. The van der Waals surface area contributed by atoms with Crippen molar-refractivity contribution in [3.63, 3.8) is 0 Å². The maximum Gasteiger partial charge on any atom is 0.349 e. The third-order valence-electron chi connectivity index (χ3n) is 27.7. The fraction of sp³-hybridized carbons (Fsp3) is 0.303. The fourth-order valence-corrected chi connectivity index (χ4v) is 19.7. The molecule has 4 unspecified atom stereocenters. The molecule has 5 N–H and O–H groups in total. The van der Waals surface area contributed by atoms with Crippen LogP contribution in [0.4, 0.5) is 51.6 Å². The maximum atomic E-state index is 12.7. The van der Waals surface area contributed by atoms with Gasteiger partial charge in [0, 0.05) is 65.4 Å². The summed E-state index contributed by atoms with van der Waals surface area (Å²) in [7, 11) is 5.77. The van der Waals surface area contributed by atoms with E-state index in [9.17, 15) is 33.6 Å². The lowest BCUT2D eigenvalue weighted by Gasteiger charge is -2.36. The van der Waals surface area contributed by atoms with E-state index >= 15 is 0 Å². The number of benzene rings is 10. The van der Waals surface area contributed by atoms with Crippen LogP contribution >= 0.6 is 0 Å². The van der Waals surface area contributed by atoms with E-state index in [1.54, 1.807) is 7.11 Å². The second kappa shape index (κ2) is 46.4. The molecule has 0 amide bonds. The Hall–Kier alpha value is -16.4. The molecule has 13 aromatic rings. The number of methoxy groups -OCH3 is 1. The molecule has 1 fully saturated rings. The summed E-state index contributed by atoms with van der Waals surface area (Å²) in [6, 6.07) is 70.9. The molecule has 31 heteroatoms. The highest BCUT2D eigenvalue weighted by Gasteiger charge is 2.33. The first kappa shape index (κ1) is 105. The van der Waals surface area contributed by atoms with Gasteiger partial charge in [-0.2, -0.15) is 9.97 Å². The van der Waals surface area contributed by atoms with E-state index in [4.69, 9.17) is 14.5 Å². The largest absolute Gasteiger partial charge is 0.379 e. The Morgan fingerprint density at radius 2 is 0.833 bits per heavy atom. The molecule has 4 atom stereocenters. The summed E-state index contributed by atoms with van der Waals surface area (Å²) in [5, 5.41) is 1.02. The van der Waals surface area contributed by atoms with Crippen molar-refractivity contribution in [2.75, 3.05) is 62.1 Å². The van der Waals surface area contributed by atoms with E-state index in [0.29, 0.717) is 81.2 Å². The van der Waals surface area contributed by atoms with Crippen LogP contribution in [0.1, 0.15) is 135 Å². The normalized spacial score (nSPS) is 14.1. The zero-order chi connectivity index (χ0) is 106. The standard InChI is InChI=1S/C28H33N5O2.C24H27N5O2.C23H24N4O2.C23H24N4O.C21H20N4O2/c1-18-13-24-25(14-23(18)17-32-15-19(2)35-20(3)16-32)33(12-8-11-22-9-6-5-7-10-22)27-26(31-24)28(34)30-21(4)29-27;1-15-7-9-17(10-8-15)6-5-11-29-20-13-18(14-28(3)4)16(2)12-19(20)25-21-22(29)26-24(31)27-23(21)30;1-14-10-19-20(11-15(14)2)27(22-21(26-19)23(28)25-16(3)24-22)13-18(29-4)12-17-8-6-5-7-9-17;1-14-12-19-20(13-15(14)2)27(16(3)10-11-18-8-6-5-7-9-18)22-21(26-19)23(28)25-17(4)24-22;1-13-5-8-15(9-6-13)4-3-11-25-17-10-7-14(2)12-16(17)22-18-19(25)23-21(27)24-20(18)26/h5-7,9-10,13-14,19-20H,4,8,11-12,15-17H2,1-3H3,(H,30,34);7-10,12-13H,5-6,11,14H2,1-4H3,(H,27,30,31);5-11,18H,3,12-13H2,1-2,4H3,(H,25,28);5-9,12-13,16H,4,10-11H2,1-3H3,(H,25,28);5-10,12H,3-4,11H2,1-2H3,(H,24,26,27). The number of rotatable bonds is 25. The van der Waals surface area contributed by atoms with Crippen molar-refractivity contribution >= 4 is 93.4 Å². The molecule has 0 spiro atoms. The number of hydrogen-bond acceptors (Lipinski definition) is 24. The van der Waals surface area contributed by atoms with Crippen molar-refractivity contribution < 1.29 is 9.47 Å². The van der Waals surface area contributed by atoms with Gasteiger partial charge in [0.05, 0.1) is 81.0 Å². The summed E-state index contributed by atoms with van der Waals surface area (Å²) < 4.78 is 15.6. The lowest BCUT2D eigenvalue weighted by molar-refractivity contribution is -0.0705. The van der Waals surface area contributed by atoms with Gasteiger partial charge in [0.25, 0.3) is 27.8 Å². The third kappa shape index (κ3) is 24.7. The average molecular weight is 2010 g/mol. The highest BCUT2D eigenvalue weighted by molar-refractivity contribution is 5.84. The van der Waals surface area contributed by atoms with Crippen LogP contribution in [0.15, 0.2) is 255 Å². The van der Waals surface area contributed by atoms with Gasteiger partial charge in [0.15, 0.2) is 56.6 Å². The van der Waals surface area contributed by atoms with Gasteiger partial charge in [-0.05, 0) is 287 Å². The highest BCUT2D eigenvalue weighted by atomic mass is 16.5. The Morgan fingerprint density at radius 1 is 0.413 bits per heavy atom. The summed E-state index contributed by atoms with van der Waals surface area (Å²) in [5.74, 6) is 2.37. The zero-order valence-corrected chi connectivity index (χ0v) is 87.9. The number of nitrogens with one attached hydrogen (secondary N) is 5. The monoisotopic (exact) mass is 2010 g/mol. The predicted molar refractivity (Wildman–Crippen MR) is 595 cm³/mol. The number of morpholine rings is 1. The van der Waals surface area contributed by atoms with Gasteiger partial charge in [0.2, 0.25) is 0 Å². The molecule has 0 saturated carbocycles. The molecule has 21 rings (SSSR count). The summed E-state index contributed by atoms with van der Waals surface area (Å²) in [5.41, 5.74) is 26.0. The molecule has 3 aromatic heterocycles. The van der Waals surface area contributed by atoms with Crippen LogP contribution in [0.2, 0.25) is 0 Å². The molecular weight excluding hydrogens is 1880 g/mol. The Labute approximate surface area is 868 Å². The first-order valence-corrected chi connectivity index (χ1v) is 51.0. The van der Waals surface area contributed by atoms with Gasteiger partial charge in [-0.1, -0.05) is 176 Å². The first-order valence-electron chi connectivity index (χ1n) is 51.0. The molecule has 8 aliphatic rings. The smallest absolute Gasteiger partial charge is 0.349 e. The van der Waals surface area contributed by atoms with Gasteiger partial charge >= 0.3 is 11.4 Å². The minimum absolute atomic E-state index is 0.0906. The van der Waals surface area contributed by atoms with Crippen LogP contribution in [-0.2, 0) is 67.8 Å². The molecular formula is C119H128N22O9. The molecule has 150 heavy (non-hydrogen) atoms. The van der Waals surface area contributed by atoms with E-state index in [1.807, 2.05) is 109 Å². The van der Waals surface area contributed by atoms with Crippen LogP contribution in [0.3, 0.4) is 0 Å². The molecule has 768 valence electrons. The molecule has 31 nitrogen and oxygen atoms in total. The summed E-state index contributed by atoms with van der Waals surface area (Å²) >= 11 is 0. The van der Waals surface area contributed by atoms with Crippen LogP contribution < -0.4 is 86.4 Å². The van der Waals surface area contributed by atoms with Crippen molar-refractivity contribution in [1.82, 2.24) is 78.7 Å². The van der Waals surface area contributed by atoms with Crippen molar-refractivity contribution in [2.24, 2.45) is 15.0 Å². The van der Waals surface area contributed by atoms with Crippen LogP contribution in [-0.4, -0.2) is 150 Å². The Kier molecular flexibility index (Phi) is 32.5. The molecule has 0 bridgehead atoms. The number of ether oxygens (including phenoxy) is 2. The number of anilines is 6. The van der Waals surface area contributed by atoms with Crippen LogP contribution in [0, 0.1) is 62.3 Å². The second-order valence-electron chi connectivity index (χ2n) is 39.9. The van der Waals surface area contributed by atoms with Crippen molar-refractivity contribution in [3.05, 3.63) is 401 Å². The van der Waals surface area contributed by atoms with E-state index in [0.717, 1.165) is 175 Å². The molecule has 11 heterocycles. The number of aromatic nitrogens is 14. The first-order chi connectivity index (χ1) is 72.1. The van der Waals surface area contributed by atoms with E-state index in [1.165, 1.54) is 61.2 Å². The minimum atomic E-state index is -0.647. The maximum absolute atomic E-state index is 12.7. The molecule has 0 aliphatic carbocycles. The third-order valence-corrected chi connectivity index (χ3v) is 27.7. The second-order valence-corrected chi connectivity index (χ2v) is 39.9. The zero-order valence-electron chi connectivity index (χ0n) is 87.9. The quantitative estimate of drug-likeness (QED) is 0.0332. The summed E-state index contributed by atoms with van der Waals surface area (Å²) in [6.45, 7) is 42.5. The topological polar surface area (TPSA) is 370 Å². The lowest BCUT2D eigenvalue weighted by atomic mass is 10.0. The Bertz CT molecular complexity index is 8640. The van der Waals surface area contributed by atoms with Crippen LogP contribution in [0.25, 0.3) is 64.8 Å². The van der Waals surface area contributed by atoms with Gasteiger partial charge in [0.1, 0.15) is 16.4 Å². The van der Waals surface area contributed by atoms with Gasteiger partial charge in [-0.3, -0.25) is 38.8 Å². The van der Waals surface area contributed by atoms with Crippen LogP contribution in [0.5, 0.6) is 0 Å². The number of aryl methyl sites for hydroxylation is 15. The van der Waals surface area contributed by atoms with Gasteiger partial charge < -0.3 is 53.2 Å². The number of fused-ring (bicyclic) bond motifs is 10. The fourth-order valence-electron chi connectivity index (χ4n) is 19.7. The SMILES string of the molecule is C=c1nc2c(c(=O)[nH]1)=Nc1cc(C)c(C)cc1N2C(C)CCc1ccccc1.C=c1nc2c(c(=O)[nH]1)=Nc1cc(C)c(C)cc1N2CC(Cc1ccccc1)OC.C=c1nc2c(c(=O)[nH]1)=Nc1cc(C)c(CN3CC(C)OC(C)C3)cc1N2CCCc1ccccc1.Cc1ccc(CCCn2c3nc(=O)[nH]c(=O)c-3nc3cc(C)c(CN(C)C)cc32)cc1.Cc1ccc(CCCn2c3nc(=O)[nH]c(=O)c-3nc3cc(C)ccc32)cc1. The van der Waals surface area contributed by atoms with Crippen molar-refractivity contribution in [3.8, 4) is 23.0 Å².